The van der Waals surface area contributed by atoms with Gasteiger partial charge in [0.25, 0.3) is 11.8 Å². The zero-order valence-corrected chi connectivity index (χ0v) is 47.4. The molecule has 4 aromatic heterocycles. The molecule has 12 rings (SSSR count). The highest BCUT2D eigenvalue weighted by Crippen LogP contribution is 2.30. The summed E-state index contributed by atoms with van der Waals surface area (Å²) in [6.45, 7) is 7.81. The van der Waals surface area contributed by atoms with Crippen molar-refractivity contribution in [1.82, 2.24) is 49.9 Å². The first-order valence-corrected chi connectivity index (χ1v) is 28.7. The van der Waals surface area contributed by atoms with Crippen molar-refractivity contribution < 1.29 is 38.3 Å². The number of likely N-dealkylation sites (tertiary alicyclic amines) is 3. The summed E-state index contributed by atoms with van der Waals surface area (Å²) in [5, 5.41) is 15.0. The second-order valence-corrected chi connectivity index (χ2v) is 22.5. The second-order valence-electron chi connectivity index (χ2n) is 22.5. The number of rotatable bonds is 12. The van der Waals surface area contributed by atoms with Gasteiger partial charge < -0.3 is 51.1 Å². The fraction of sp³-hybridized carbons (Fsp3) is 0.317. The van der Waals surface area contributed by atoms with Crippen LogP contribution < -0.4 is 26.6 Å². The lowest BCUT2D eigenvalue weighted by Crippen LogP contribution is -2.45. The topological polar surface area (TPSA) is 282 Å². The predicted octanol–water partition coefficient (Wildman–Crippen LogP) is 8.76. The van der Waals surface area contributed by atoms with E-state index in [1.807, 2.05) is 66.7 Å². The quantitative estimate of drug-likeness (QED) is 0.0603. The number of anilines is 4. The van der Waals surface area contributed by atoms with E-state index in [0.717, 1.165) is 77.5 Å². The average molecular weight is 1150 g/mol. The zero-order valence-electron chi connectivity index (χ0n) is 47.4. The zero-order chi connectivity index (χ0) is 59.2. The SMILES string of the molecule is CC(C)(C)OC(=O)N1CCC[C@H]1C(=O)Nc1ccc2nc(-c3ccc(NC(=O)[C@@H]4CCCN4C(=O)c4cccnc4)cc3)[nH]c2c1.O=C(Nc1ccc2nc(-c3ccc(NC(=O)[C@@H]4CCCN4C(=O)c4cccnc4)cc3)[nH]c2c1)[C@@H]1CCCN1. The predicted molar refractivity (Wildman–Crippen MR) is 321 cm³/mol. The molecule has 0 saturated carbocycles. The third-order valence-electron chi connectivity index (χ3n) is 15.4. The minimum Gasteiger partial charge on any atom is -0.444 e. The van der Waals surface area contributed by atoms with Crippen LogP contribution in [-0.2, 0) is 23.9 Å². The summed E-state index contributed by atoms with van der Waals surface area (Å²) < 4.78 is 5.49. The molecule has 4 atom stereocenters. The van der Waals surface area contributed by atoms with Gasteiger partial charge in [-0.1, -0.05) is 0 Å². The van der Waals surface area contributed by atoms with Crippen LogP contribution in [0.5, 0.6) is 0 Å². The maximum atomic E-state index is 13.1. The molecule has 8 heterocycles. The number of fused-ring (bicyclic) bond motifs is 2. The molecule has 4 aromatic carbocycles. The van der Waals surface area contributed by atoms with Crippen LogP contribution in [0.4, 0.5) is 27.5 Å². The van der Waals surface area contributed by atoms with Gasteiger partial charge >= 0.3 is 6.09 Å². The molecule has 7 N–H and O–H groups in total. The summed E-state index contributed by atoms with van der Waals surface area (Å²) in [5.41, 5.74) is 7.61. The fourth-order valence-corrected chi connectivity index (χ4v) is 11.1. The van der Waals surface area contributed by atoms with Crippen LogP contribution in [0.2, 0.25) is 0 Å². The Labute approximate surface area is 489 Å². The lowest BCUT2D eigenvalue weighted by Gasteiger charge is -2.28. The van der Waals surface area contributed by atoms with E-state index in [0.29, 0.717) is 78.7 Å². The fourth-order valence-electron chi connectivity index (χ4n) is 11.1. The molecule has 436 valence electrons. The third-order valence-corrected chi connectivity index (χ3v) is 15.4. The minimum absolute atomic E-state index is 0.0219. The van der Waals surface area contributed by atoms with E-state index >= 15 is 0 Å². The number of aromatic nitrogens is 6. The molecule has 22 heteroatoms. The summed E-state index contributed by atoms with van der Waals surface area (Å²) in [6.07, 6.45) is 11.7. The number of carbonyl (C=O) groups is 7. The summed E-state index contributed by atoms with van der Waals surface area (Å²) in [5.74, 6) is 0.221. The summed E-state index contributed by atoms with van der Waals surface area (Å²) in [7, 11) is 0. The van der Waals surface area contributed by atoms with Gasteiger partial charge in [-0.05, 0) is 188 Å². The molecule has 4 aliphatic rings. The Kier molecular flexibility index (Phi) is 16.7. The highest BCUT2D eigenvalue weighted by atomic mass is 16.6. The Balaban J connectivity index is 0.000000179. The number of nitrogens with zero attached hydrogens (tertiary/aromatic N) is 7. The average Bonchev–Trinajstić information content (AvgIpc) is 3.80. The Morgan fingerprint density at radius 3 is 1.35 bits per heavy atom. The number of nitrogens with one attached hydrogen (secondary N) is 7. The molecule has 0 bridgehead atoms. The number of hydrogen-bond donors (Lipinski definition) is 7. The van der Waals surface area contributed by atoms with E-state index in [2.05, 4.69) is 56.5 Å². The number of amides is 7. The van der Waals surface area contributed by atoms with Gasteiger partial charge in [0.15, 0.2) is 0 Å². The van der Waals surface area contributed by atoms with Crippen molar-refractivity contribution in [2.45, 2.75) is 102 Å². The molecule has 0 unspecified atom stereocenters. The maximum absolute atomic E-state index is 13.1. The standard InChI is InChI=1S/C34H37N7O5.C29H29N7O3/c1-34(2,3)46-33(45)41-18-6-9-28(41)31(43)37-24-14-15-25-26(19-24)39-29(38-25)21-10-12-23(13-11-21)36-30(42)27-8-5-17-40(27)32(44)22-7-4-16-35-20-22;37-27(23-5-2-14-31-23)33-21-11-12-22-24(16-21)35-26(34-22)18-7-9-20(10-8-18)32-28(38)25-6-3-15-36(25)29(39)19-4-1-13-30-17-19/h4,7,10-16,19-20,27-28H,5-6,8-9,17-18H2,1-3H3,(H,36,42)(H,37,43)(H,38,39);1,4,7-13,16-17,23,25,31H,2-3,5-6,14-15H2,(H,32,38)(H,33,37)(H,34,35)/t27-,28-;23-,25-/m00/s1. The molecule has 0 aliphatic carbocycles. The lowest BCUT2D eigenvalue weighted by molar-refractivity contribution is -0.120. The van der Waals surface area contributed by atoms with Crippen molar-refractivity contribution in [3.05, 3.63) is 145 Å². The first-order chi connectivity index (χ1) is 41.1. The highest BCUT2D eigenvalue weighted by Gasteiger charge is 2.38. The number of benzene rings is 4. The van der Waals surface area contributed by atoms with Gasteiger partial charge in [-0.3, -0.25) is 43.6 Å². The third kappa shape index (κ3) is 13.3. The van der Waals surface area contributed by atoms with E-state index < -0.39 is 29.8 Å². The van der Waals surface area contributed by atoms with Gasteiger partial charge in [0.2, 0.25) is 23.6 Å². The minimum atomic E-state index is -0.641. The molecule has 4 aliphatic heterocycles. The Morgan fingerprint density at radius 1 is 0.506 bits per heavy atom. The molecule has 7 amide bonds. The summed E-state index contributed by atoms with van der Waals surface area (Å²) >= 11 is 0. The normalized spacial score (nSPS) is 18.4. The first kappa shape index (κ1) is 57.0. The van der Waals surface area contributed by atoms with E-state index in [-0.39, 0.29) is 41.5 Å². The van der Waals surface area contributed by atoms with Crippen LogP contribution in [0.25, 0.3) is 44.8 Å². The molecular weight excluding hydrogens is 1080 g/mol. The summed E-state index contributed by atoms with van der Waals surface area (Å²) in [4.78, 5) is 119. The molecule has 0 radical (unpaired) electrons. The Morgan fingerprint density at radius 2 is 0.929 bits per heavy atom. The number of aromatic amines is 2. The highest BCUT2D eigenvalue weighted by molar-refractivity contribution is 6.03. The number of ether oxygens (including phenoxy) is 1. The number of hydrogen-bond acceptors (Lipinski definition) is 13. The van der Waals surface area contributed by atoms with Crippen LogP contribution in [0.3, 0.4) is 0 Å². The van der Waals surface area contributed by atoms with Crippen LogP contribution in [-0.4, -0.2) is 142 Å². The molecule has 4 fully saturated rings. The molecule has 4 saturated heterocycles. The number of H-pyrrole nitrogens is 2. The summed E-state index contributed by atoms with van der Waals surface area (Å²) in [6, 6.07) is 30.8. The monoisotopic (exact) mass is 1150 g/mol. The van der Waals surface area contributed by atoms with Gasteiger partial charge in [0, 0.05) is 78.3 Å². The van der Waals surface area contributed by atoms with Crippen molar-refractivity contribution in [3.63, 3.8) is 0 Å². The molecule has 8 aromatic rings. The van der Waals surface area contributed by atoms with Crippen molar-refractivity contribution >= 4 is 86.4 Å². The van der Waals surface area contributed by atoms with Crippen LogP contribution >= 0.6 is 0 Å². The lowest BCUT2D eigenvalue weighted by atomic mass is 10.1. The smallest absolute Gasteiger partial charge is 0.410 e. The molecule has 85 heavy (non-hydrogen) atoms. The van der Waals surface area contributed by atoms with E-state index in [4.69, 9.17) is 4.74 Å². The molecule has 22 nitrogen and oxygen atoms in total. The van der Waals surface area contributed by atoms with Gasteiger partial charge in [-0.25, -0.2) is 14.8 Å². The van der Waals surface area contributed by atoms with Gasteiger partial charge in [0.05, 0.1) is 39.2 Å². The van der Waals surface area contributed by atoms with E-state index in [1.54, 1.807) is 85.4 Å². The van der Waals surface area contributed by atoms with Crippen molar-refractivity contribution in [1.29, 1.82) is 0 Å². The Hall–Kier alpha value is -9.83. The number of carbonyl (C=O) groups excluding carboxylic acids is 7. The van der Waals surface area contributed by atoms with Gasteiger partial charge in [0.1, 0.15) is 35.4 Å². The Bertz CT molecular complexity index is 3770. The second kappa shape index (κ2) is 24.9. The van der Waals surface area contributed by atoms with Crippen LogP contribution in [0, 0.1) is 0 Å². The number of imidazole rings is 2. The largest absolute Gasteiger partial charge is 0.444 e. The molecule has 0 spiro atoms. The van der Waals surface area contributed by atoms with E-state index in [9.17, 15) is 33.6 Å². The van der Waals surface area contributed by atoms with Gasteiger partial charge in [-0.15, -0.1) is 0 Å². The number of pyridine rings is 2. The van der Waals surface area contributed by atoms with Gasteiger partial charge in [-0.2, -0.15) is 0 Å². The van der Waals surface area contributed by atoms with Crippen LogP contribution in [0.1, 0.15) is 92.9 Å². The maximum Gasteiger partial charge on any atom is 0.410 e. The first-order valence-electron chi connectivity index (χ1n) is 28.7. The molecular formula is C63H66N14O8. The van der Waals surface area contributed by atoms with Crippen molar-refractivity contribution in [3.8, 4) is 22.8 Å². The van der Waals surface area contributed by atoms with Crippen molar-refractivity contribution in [2.24, 2.45) is 0 Å². The van der Waals surface area contributed by atoms with Crippen LogP contribution in [0.15, 0.2) is 134 Å². The van der Waals surface area contributed by atoms with E-state index in [1.165, 1.54) is 17.3 Å². The van der Waals surface area contributed by atoms with Crippen molar-refractivity contribution in [2.75, 3.05) is 47.4 Å².